The second-order valence-electron chi connectivity index (χ2n) is 10.3. The molecule has 6 nitrogen and oxygen atoms in total. The van der Waals surface area contributed by atoms with E-state index in [1.165, 1.54) is 37.7 Å². The zero-order valence-corrected chi connectivity index (χ0v) is 25.2. The van der Waals surface area contributed by atoms with Crippen LogP contribution in [-0.4, -0.2) is 32.1 Å². The van der Waals surface area contributed by atoms with Crippen molar-refractivity contribution in [2.24, 2.45) is 0 Å². The van der Waals surface area contributed by atoms with Crippen molar-refractivity contribution in [3.05, 3.63) is 93.7 Å². The van der Waals surface area contributed by atoms with Gasteiger partial charge in [0.1, 0.15) is 10.6 Å². The number of unbranched alkanes of at least 4 members (excludes halogenated alkanes) is 3. The first-order valence-electron chi connectivity index (χ1n) is 14.5. The van der Waals surface area contributed by atoms with Crippen molar-refractivity contribution in [2.75, 3.05) is 19.1 Å². The maximum Gasteiger partial charge on any atom is 0.348 e. The van der Waals surface area contributed by atoms with Gasteiger partial charge in [-0.15, -0.1) is 11.3 Å². The Morgan fingerprint density at radius 1 is 1.02 bits per heavy atom. The van der Waals surface area contributed by atoms with E-state index in [2.05, 4.69) is 43.3 Å². The van der Waals surface area contributed by atoms with Gasteiger partial charge in [-0.2, -0.15) is 0 Å². The van der Waals surface area contributed by atoms with E-state index in [0.717, 1.165) is 46.7 Å². The van der Waals surface area contributed by atoms with Crippen molar-refractivity contribution in [2.45, 2.75) is 77.0 Å². The molecule has 0 bridgehead atoms. The van der Waals surface area contributed by atoms with Gasteiger partial charge in [-0.05, 0) is 66.8 Å². The van der Waals surface area contributed by atoms with Crippen molar-refractivity contribution in [1.29, 1.82) is 0 Å². The van der Waals surface area contributed by atoms with E-state index in [9.17, 15) is 9.59 Å². The molecule has 2 atom stereocenters. The first-order chi connectivity index (χ1) is 20.0. The molecule has 4 rings (SSSR count). The molecule has 1 amide bonds. The second-order valence-corrected chi connectivity index (χ2v) is 11.5. The number of carbonyl (C=O) groups is 2. The van der Waals surface area contributed by atoms with Crippen LogP contribution in [0, 0.1) is 0 Å². The van der Waals surface area contributed by atoms with Gasteiger partial charge in [0.15, 0.2) is 0 Å². The van der Waals surface area contributed by atoms with Crippen LogP contribution in [-0.2, 0) is 27.3 Å². The largest absolute Gasteiger partial charge is 0.497 e. The van der Waals surface area contributed by atoms with Crippen LogP contribution in [0.1, 0.15) is 83.6 Å². The van der Waals surface area contributed by atoms with Gasteiger partial charge in [-0.1, -0.05) is 69.0 Å². The summed E-state index contributed by atoms with van der Waals surface area (Å²) in [4.78, 5) is 28.2. The molecule has 2 aromatic carbocycles. The number of rotatable bonds is 15. The van der Waals surface area contributed by atoms with E-state index in [1.807, 2.05) is 35.2 Å². The summed E-state index contributed by atoms with van der Waals surface area (Å²) in [5.74, 6) is 0.670. The van der Waals surface area contributed by atoms with Crippen LogP contribution in [0.3, 0.4) is 0 Å². The number of nitrogens with zero attached hydrogens (tertiary/aromatic N) is 1. The van der Waals surface area contributed by atoms with Crippen LogP contribution in [0.25, 0.3) is 0 Å². The number of hydrogen-bond acceptors (Lipinski definition) is 6. The van der Waals surface area contributed by atoms with Gasteiger partial charge in [-0.3, -0.25) is 4.79 Å². The summed E-state index contributed by atoms with van der Waals surface area (Å²) >= 11 is 1.44. The molecule has 3 aromatic rings. The molecule has 1 aliphatic rings. The SMILES string of the molecule is CCCCCCC(OCc1ccc(OC)cc1)c1ccc(N2C(=O)CC[C@@H]2/C=C/Cc2ccc(C(=O)OC)s2)cc1. The van der Waals surface area contributed by atoms with E-state index in [4.69, 9.17) is 14.2 Å². The summed E-state index contributed by atoms with van der Waals surface area (Å²) < 4.78 is 16.5. The minimum Gasteiger partial charge on any atom is -0.497 e. The smallest absolute Gasteiger partial charge is 0.348 e. The second kappa shape index (κ2) is 15.5. The maximum atomic E-state index is 12.9. The van der Waals surface area contributed by atoms with Gasteiger partial charge in [0, 0.05) is 17.0 Å². The number of ether oxygens (including phenoxy) is 3. The van der Waals surface area contributed by atoms with E-state index in [-0.39, 0.29) is 24.0 Å². The van der Waals surface area contributed by atoms with Crippen LogP contribution in [0.5, 0.6) is 5.75 Å². The zero-order valence-electron chi connectivity index (χ0n) is 24.3. The predicted octanol–water partition coefficient (Wildman–Crippen LogP) is 8.07. The molecule has 1 aliphatic heterocycles. The van der Waals surface area contributed by atoms with Gasteiger partial charge >= 0.3 is 5.97 Å². The number of benzene rings is 2. The van der Waals surface area contributed by atoms with Gasteiger partial charge in [0.2, 0.25) is 5.91 Å². The summed E-state index contributed by atoms with van der Waals surface area (Å²) in [5.41, 5.74) is 3.16. The van der Waals surface area contributed by atoms with Crippen molar-refractivity contribution < 1.29 is 23.8 Å². The fourth-order valence-electron chi connectivity index (χ4n) is 5.13. The molecule has 0 radical (unpaired) electrons. The highest BCUT2D eigenvalue weighted by Crippen LogP contribution is 2.32. The Morgan fingerprint density at radius 2 is 1.80 bits per heavy atom. The number of amides is 1. The van der Waals surface area contributed by atoms with Gasteiger partial charge in [0.25, 0.3) is 0 Å². The van der Waals surface area contributed by atoms with Gasteiger partial charge in [-0.25, -0.2) is 4.79 Å². The lowest BCUT2D eigenvalue weighted by atomic mass is 10.0. The number of anilines is 1. The highest BCUT2D eigenvalue weighted by atomic mass is 32.1. The molecule has 1 fully saturated rings. The Hall–Kier alpha value is -3.42. The number of thiophene rings is 1. The summed E-state index contributed by atoms with van der Waals surface area (Å²) in [6.45, 7) is 2.76. The zero-order chi connectivity index (χ0) is 29.0. The van der Waals surface area contributed by atoms with Crippen LogP contribution in [0.2, 0.25) is 0 Å². The summed E-state index contributed by atoms with van der Waals surface area (Å²) in [6, 6.07) is 20.1. The van der Waals surface area contributed by atoms with Crippen molar-refractivity contribution in [1.82, 2.24) is 0 Å². The lowest BCUT2D eigenvalue weighted by Crippen LogP contribution is -2.31. The molecule has 2 heterocycles. The maximum absolute atomic E-state index is 12.9. The third kappa shape index (κ3) is 8.54. The van der Waals surface area contributed by atoms with Crippen molar-refractivity contribution in [3.8, 4) is 5.75 Å². The highest BCUT2D eigenvalue weighted by molar-refractivity contribution is 7.13. The summed E-state index contributed by atoms with van der Waals surface area (Å²) in [7, 11) is 3.06. The topological polar surface area (TPSA) is 65.1 Å². The number of esters is 1. The van der Waals surface area contributed by atoms with Crippen LogP contribution in [0.4, 0.5) is 5.69 Å². The van der Waals surface area contributed by atoms with Crippen LogP contribution < -0.4 is 9.64 Å². The molecule has 0 N–H and O–H groups in total. The van der Waals surface area contributed by atoms with E-state index < -0.39 is 0 Å². The minimum atomic E-state index is -0.310. The van der Waals surface area contributed by atoms with Crippen molar-refractivity contribution in [3.63, 3.8) is 0 Å². The highest BCUT2D eigenvalue weighted by Gasteiger charge is 2.30. The number of hydrogen-bond donors (Lipinski definition) is 0. The average molecular weight is 576 g/mol. The minimum absolute atomic E-state index is 0.00587. The Kier molecular flexibility index (Phi) is 11.6. The molecule has 0 aliphatic carbocycles. The Bertz CT molecular complexity index is 1280. The third-order valence-corrected chi connectivity index (χ3v) is 8.54. The summed E-state index contributed by atoms with van der Waals surface area (Å²) in [6.07, 6.45) is 12.0. The van der Waals surface area contributed by atoms with Crippen LogP contribution in [0.15, 0.2) is 72.8 Å². The van der Waals surface area contributed by atoms with Gasteiger partial charge < -0.3 is 19.1 Å². The molecule has 41 heavy (non-hydrogen) atoms. The molecule has 1 unspecified atom stereocenters. The molecule has 0 spiro atoms. The van der Waals surface area contributed by atoms with Crippen molar-refractivity contribution >= 4 is 28.9 Å². The van der Waals surface area contributed by atoms with Gasteiger partial charge in [0.05, 0.1) is 33.0 Å². The first kappa shape index (κ1) is 30.5. The lowest BCUT2D eigenvalue weighted by molar-refractivity contribution is -0.117. The number of carbonyl (C=O) groups excluding carboxylic acids is 2. The van der Waals surface area contributed by atoms with E-state index >= 15 is 0 Å². The van der Waals surface area contributed by atoms with E-state index in [0.29, 0.717) is 24.3 Å². The average Bonchev–Trinajstić information content (AvgIpc) is 3.63. The summed E-state index contributed by atoms with van der Waals surface area (Å²) in [5, 5.41) is 0. The molecule has 1 saturated heterocycles. The molecular weight excluding hydrogens is 534 g/mol. The van der Waals surface area contributed by atoms with Crippen LogP contribution >= 0.6 is 11.3 Å². The Labute approximate surface area is 247 Å². The first-order valence-corrected chi connectivity index (χ1v) is 15.3. The molecule has 7 heteroatoms. The quantitative estimate of drug-likeness (QED) is 0.104. The monoisotopic (exact) mass is 575 g/mol. The lowest BCUT2D eigenvalue weighted by Gasteiger charge is -2.24. The fraction of sp³-hybridized carbons (Fsp3) is 0.412. The fourth-order valence-corrected chi connectivity index (χ4v) is 6.03. The molecule has 218 valence electrons. The molecule has 0 saturated carbocycles. The Balaban J connectivity index is 1.41. The van der Waals surface area contributed by atoms with E-state index in [1.54, 1.807) is 13.2 Å². The standard InChI is InChI=1S/C34H41NO5S/c1-4-5-6-7-11-31(40-24-25-12-19-29(38-2)20-13-25)26-14-16-28(17-15-26)35-27(18-23-33(35)36)9-8-10-30-21-22-32(41-30)34(37)39-3/h8-9,12-17,19-22,27,31H,4-7,10-11,18,23-24H2,1-3H3/b9-8+/t27-,31?/m0/s1. The molecular formula is C34H41NO5S. The number of methoxy groups -OCH3 is 2. The Morgan fingerprint density at radius 3 is 2.51 bits per heavy atom. The molecule has 1 aromatic heterocycles. The normalized spacial score (nSPS) is 15.9. The number of allylic oxidation sites excluding steroid dienone is 1. The predicted molar refractivity (Wildman–Crippen MR) is 165 cm³/mol. The third-order valence-electron chi connectivity index (χ3n) is 7.45.